The predicted octanol–water partition coefficient (Wildman–Crippen LogP) is 0.795. The van der Waals surface area contributed by atoms with Gasteiger partial charge in [0.2, 0.25) is 5.89 Å². The standard InChI is InChI=1S/C18H17ClN6O4/c1-23-12-8-20-25(17(27)16(12)24(2)18(23)28)9-15-21-14(22-29-15)7-13(26)10-3-5-11(19)6-4-10/h3-6,8,13,26H,7,9H2,1-2H3/t13-/m0/s1. The summed E-state index contributed by atoms with van der Waals surface area (Å²) < 4.78 is 8.96. The Hall–Kier alpha value is -3.24. The Morgan fingerprint density at radius 1 is 1.17 bits per heavy atom. The van der Waals surface area contributed by atoms with E-state index >= 15 is 0 Å². The van der Waals surface area contributed by atoms with Crippen LogP contribution >= 0.6 is 11.6 Å². The molecular weight excluding hydrogens is 400 g/mol. The van der Waals surface area contributed by atoms with Crippen molar-refractivity contribution in [3.05, 3.63) is 73.6 Å². The highest BCUT2D eigenvalue weighted by atomic mass is 35.5. The molecule has 1 aromatic carbocycles. The average molecular weight is 417 g/mol. The number of hydrogen-bond acceptors (Lipinski definition) is 7. The molecule has 0 radical (unpaired) electrons. The largest absolute Gasteiger partial charge is 0.388 e. The molecule has 10 nitrogen and oxygen atoms in total. The van der Waals surface area contributed by atoms with Gasteiger partial charge in [-0.1, -0.05) is 28.9 Å². The zero-order valence-electron chi connectivity index (χ0n) is 15.6. The molecule has 1 atom stereocenters. The number of nitrogens with zero attached hydrogens (tertiary/aromatic N) is 6. The number of aryl methyl sites for hydroxylation is 2. The van der Waals surface area contributed by atoms with E-state index in [0.29, 0.717) is 21.9 Å². The monoisotopic (exact) mass is 416 g/mol. The molecule has 150 valence electrons. The molecule has 29 heavy (non-hydrogen) atoms. The molecular formula is C18H17ClN6O4. The lowest BCUT2D eigenvalue weighted by Gasteiger charge is -2.08. The average Bonchev–Trinajstić information content (AvgIpc) is 3.23. The maximum atomic E-state index is 12.7. The summed E-state index contributed by atoms with van der Waals surface area (Å²) in [6.45, 7) is -0.0537. The molecule has 0 unspecified atom stereocenters. The number of benzene rings is 1. The first-order chi connectivity index (χ1) is 13.8. The van der Waals surface area contributed by atoms with E-state index in [1.807, 2.05) is 0 Å². The Morgan fingerprint density at radius 3 is 2.62 bits per heavy atom. The van der Waals surface area contributed by atoms with Crippen LogP contribution < -0.4 is 11.2 Å². The van der Waals surface area contributed by atoms with Crippen LogP contribution in [0.5, 0.6) is 0 Å². The summed E-state index contributed by atoms with van der Waals surface area (Å²) in [6, 6.07) is 6.81. The molecule has 0 spiro atoms. The zero-order chi connectivity index (χ0) is 20.7. The van der Waals surface area contributed by atoms with Gasteiger partial charge in [-0.25, -0.2) is 9.48 Å². The van der Waals surface area contributed by atoms with Crippen molar-refractivity contribution in [3.8, 4) is 0 Å². The molecule has 0 bridgehead atoms. The van der Waals surface area contributed by atoms with Crippen molar-refractivity contribution in [2.45, 2.75) is 19.1 Å². The van der Waals surface area contributed by atoms with Gasteiger partial charge in [0, 0.05) is 25.5 Å². The zero-order valence-corrected chi connectivity index (χ0v) is 16.4. The van der Waals surface area contributed by atoms with Crippen molar-refractivity contribution < 1.29 is 9.63 Å². The number of aliphatic hydroxyl groups excluding tert-OH is 1. The van der Waals surface area contributed by atoms with Gasteiger partial charge in [0.15, 0.2) is 5.82 Å². The normalized spacial score (nSPS) is 12.6. The molecule has 3 aromatic heterocycles. The fourth-order valence-corrected chi connectivity index (χ4v) is 3.23. The smallest absolute Gasteiger partial charge is 0.328 e. The molecule has 0 saturated heterocycles. The number of imidazole rings is 1. The van der Waals surface area contributed by atoms with Gasteiger partial charge in [0.05, 0.1) is 17.8 Å². The van der Waals surface area contributed by atoms with E-state index < -0.39 is 11.7 Å². The Balaban J connectivity index is 1.56. The predicted molar refractivity (Wildman–Crippen MR) is 104 cm³/mol. The first-order valence-electron chi connectivity index (χ1n) is 8.71. The van der Waals surface area contributed by atoms with Gasteiger partial charge in [-0.2, -0.15) is 10.1 Å². The second-order valence-corrected chi connectivity index (χ2v) is 7.05. The van der Waals surface area contributed by atoms with E-state index in [0.717, 1.165) is 4.68 Å². The van der Waals surface area contributed by atoms with Crippen molar-refractivity contribution in [3.63, 3.8) is 0 Å². The quantitative estimate of drug-likeness (QED) is 0.510. The van der Waals surface area contributed by atoms with Crippen LogP contribution in [0, 0.1) is 0 Å². The van der Waals surface area contributed by atoms with E-state index in [1.165, 1.54) is 22.4 Å². The molecule has 0 aliphatic heterocycles. The van der Waals surface area contributed by atoms with Crippen LogP contribution in [0.3, 0.4) is 0 Å². The maximum absolute atomic E-state index is 12.7. The number of rotatable bonds is 5. The topological polar surface area (TPSA) is 121 Å². The van der Waals surface area contributed by atoms with Gasteiger partial charge in [0.1, 0.15) is 12.1 Å². The number of fused-ring (bicyclic) bond motifs is 1. The molecule has 0 saturated carbocycles. The summed E-state index contributed by atoms with van der Waals surface area (Å²) in [5, 5.41) is 18.8. The Bertz CT molecular complexity index is 1300. The summed E-state index contributed by atoms with van der Waals surface area (Å²) in [5.74, 6) is 0.460. The molecule has 1 N–H and O–H groups in total. The fraction of sp³-hybridized carbons (Fsp3) is 0.278. The minimum absolute atomic E-state index is 0.0537. The van der Waals surface area contributed by atoms with Gasteiger partial charge in [0.25, 0.3) is 5.56 Å². The summed E-state index contributed by atoms with van der Waals surface area (Å²) in [5.41, 5.74) is 0.604. The molecule has 4 rings (SSSR count). The van der Waals surface area contributed by atoms with E-state index in [1.54, 1.807) is 31.3 Å². The van der Waals surface area contributed by atoms with Crippen molar-refractivity contribution in [1.29, 1.82) is 0 Å². The molecule has 0 amide bonds. The molecule has 0 aliphatic carbocycles. The number of aliphatic hydroxyl groups is 1. The summed E-state index contributed by atoms with van der Waals surface area (Å²) in [6.07, 6.45) is 0.757. The third-order valence-corrected chi connectivity index (χ3v) is 4.95. The SMILES string of the molecule is Cn1c(=O)n(C)c2c(=O)n(Cc3nc(C[C@H](O)c4ccc(Cl)cc4)no3)ncc21. The number of aromatic nitrogens is 6. The van der Waals surface area contributed by atoms with Crippen LogP contribution in [-0.4, -0.2) is 34.2 Å². The summed E-state index contributed by atoms with van der Waals surface area (Å²) >= 11 is 5.85. The molecule has 0 aliphatic rings. The third kappa shape index (κ3) is 3.47. The van der Waals surface area contributed by atoms with Crippen molar-refractivity contribution in [2.75, 3.05) is 0 Å². The van der Waals surface area contributed by atoms with Gasteiger partial charge in [-0.3, -0.25) is 13.9 Å². The third-order valence-electron chi connectivity index (χ3n) is 4.70. The van der Waals surface area contributed by atoms with Crippen LogP contribution in [-0.2, 0) is 27.1 Å². The molecule has 0 fully saturated rings. The fourth-order valence-electron chi connectivity index (χ4n) is 3.11. The summed E-state index contributed by atoms with van der Waals surface area (Å²) in [4.78, 5) is 29.0. The summed E-state index contributed by atoms with van der Waals surface area (Å²) in [7, 11) is 3.10. The Morgan fingerprint density at radius 2 is 1.90 bits per heavy atom. The van der Waals surface area contributed by atoms with Crippen molar-refractivity contribution in [1.82, 2.24) is 29.1 Å². The first kappa shape index (κ1) is 19.1. The highest BCUT2D eigenvalue weighted by molar-refractivity contribution is 6.30. The Kier molecular flexibility index (Phi) is 4.81. The van der Waals surface area contributed by atoms with Gasteiger partial charge in [-0.15, -0.1) is 0 Å². The molecule has 4 aromatic rings. The minimum atomic E-state index is -0.825. The second-order valence-electron chi connectivity index (χ2n) is 6.62. The lowest BCUT2D eigenvalue weighted by molar-refractivity contribution is 0.174. The van der Waals surface area contributed by atoms with Crippen molar-refractivity contribution >= 4 is 22.6 Å². The first-order valence-corrected chi connectivity index (χ1v) is 9.09. The lowest BCUT2D eigenvalue weighted by atomic mass is 10.1. The van der Waals surface area contributed by atoms with E-state index in [9.17, 15) is 14.7 Å². The van der Waals surface area contributed by atoms with Crippen LogP contribution in [0.25, 0.3) is 11.0 Å². The van der Waals surface area contributed by atoms with E-state index in [2.05, 4.69) is 15.2 Å². The van der Waals surface area contributed by atoms with Gasteiger partial charge < -0.3 is 9.63 Å². The van der Waals surface area contributed by atoms with Crippen LogP contribution in [0.4, 0.5) is 0 Å². The van der Waals surface area contributed by atoms with Crippen LogP contribution in [0.2, 0.25) is 5.02 Å². The highest BCUT2D eigenvalue weighted by Crippen LogP contribution is 2.19. The van der Waals surface area contributed by atoms with Gasteiger partial charge >= 0.3 is 5.69 Å². The number of hydrogen-bond donors (Lipinski definition) is 1. The molecule has 3 heterocycles. The maximum Gasteiger partial charge on any atom is 0.328 e. The van der Waals surface area contributed by atoms with E-state index in [4.69, 9.17) is 16.1 Å². The molecule has 11 heteroatoms. The minimum Gasteiger partial charge on any atom is -0.388 e. The van der Waals surface area contributed by atoms with Crippen LogP contribution in [0.15, 0.2) is 44.6 Å². The number of halogens is 1. The highest BCUT2D eigenvalue weighted by Gasteiger charge is 2.17. The van der Waals surface area contributed by atoms with E-state index in [-0.39, 0.29) is 30.1 Å². The van der Waals surface area contributed by atoms with Gasteiger partial charge in [-0.05, 0) is 17.7 Å². The lowest BCUT2D eigenvalue weighted by Crippen LogP contribution is -2.26. The Labute approximate surface area is 168 Å². The van der Waals surface area contributed by atoms with Crippen LogP contribution in [0.1, 0.15) is 23.4 Å². The second kappa shape index (κ2) is 7.30. The van der Waals surface area contributed by atoms with Crippen molar-refractivity contribution in [2.24, 2.45) is 14.1 Å².